The smallest absolute Gasteiger partial charge is 0.241 e. The van der Waals surface area contributed by atoms with E-state index in [1.165, 1.54) is 0 Å². The number of nitrogens with one attached hydrogen (secondary N) is 1. The van der Waals surface area contributed by atoms with Gasteiger partial charge in [0.15, 0.2) is 6.29 Å². The van der Waals surface area contributed by atoms with E-state index in [0.29, 0.717) is 10.8 Å². The molecule has 1 saturated heterocycles. The zero-order chi connectivity index (χ0) is 26.3. The molecule has 0 bridgehead atoms. The summed E-state index contributed by atoms with van der Waals surface area (Å²) in [4.78, 5) is 0.379. The first-order chi connectivity index (χ1) is 16.1. The van der Waals surface area contributed by atoms with Crippen LogP contribution >= 0.6 is 0 Å². The first kappa shape index (κ1) is 27.9. The van der Waals surface area contributed by atoms with Crippen molar-refractivity contribution in [2.45, 2.75) is 115 Å². The third-order valence-electron chi connectivity index (χ3n) is 7.33. The molecule has 0 unspecified atom stereocenters. The topological polar surface area (TPSA) is 64.6 Å². The first-order valence-corrected chi connectivity index (χ1v) is 14.2. The highest BCUT2D eigenvalue weighted by atomic mass is 32.2. The van der Waals surface area contributed by atoms with Crippen molar-refractivity contribution >= 4 is 10.0 Å². The van der Waals surface area contributed by atoms with Crippen LogP contribution in [-0.4, -0.2) is 25.9 Å². The van der Waals surface area contributed by atoms with Crippen LogP contribution in [0.4, 0.5) is 0 Å². The Bertz CT molecular complexity index is 1090. The van der Waals surface area contributed by atoms with E-state index in [9.17, 15) is 8.42 Å². The summed E-state index contributed by atoms with van der Waals surface area (Å²) in [7, 11) is -3.92. The van der Waals surface area contributed by atoms with Gasteiger partial charge in [-0.15, -0.1) is 0 Å². The second kappa shape index (κ2) is 9.97. The summed E-state index contributed by atoms with van der Waals surface area (Å²) < 4.78 is 44.1. The van der Waals surface area contributed by atoms with E-state index in [4.69, 9.17) is 9.47 Å². The maximum absolute atomic E-state index is 14.2. The monoisotopic (exact) mass is 501 g/mol. The summed E-state index contributed by atoms with van der Waals surface area (Å²) in [5, 5.41) is 0. The van der Waals surface area contributed by atoms with Crippen LogP contribution in [0.15, 0.2) is 47.4 Å². The van der Waals surface area contributed by atoms with Crippen LogP contribution in [0.3, 0.4) is 0 Å². The van der Waals surface area contributed by atoms with Gasteiger partial charge in [0.2, 0.25) is 10.0 Å². The van der Waals surface area contributed by atoms with Gasteiger partial charge in [0, 0.05) is 0 Å². The van der Waals surface area contributed by atoms with Gasteiger partial charge >= 0.3 is 0 Å². The summed E-state index contributed by atoms with van der Waals surface area (Å²) in [5.74, 6) is 0.395. The largest absolute Gasteiger partial charge is 0.342 e. The molecule has 0 amide bonds. The van der Waals surface area contributed by atoms with Crippen molar-refractivity contribution in [1.29, 1.82) is 0 Å². The normalized spacial score (nSPS) is 19.1. The fourth-order valence-corrected chi connectivity index (χ4v) is 6.30. The number of sulfonamides is 1. The van der Waals surface area contributed by atoms with Crippen molar-refractivity contribution in [3.8, 4) is 0 Å². The second-order valence-corrected chi connectivity index (χ2v) is 13.3. The Balaban J connectivity index is 2.16. The third-order valence-corrected chi connectivity index (χ3v) is 8.91. The van der Waals surface area contributed by atoms with Crippen molar-refractivity contribution in [1.82, 2.24) is 4.72 Å². The second-order valence-electron chi connectivity index (χ2n) is 11.6. The lowest BCUT2D eigenvalue weighted by Crippen LogP contribution is -2.41. The average Bonchev–Trinajstić information content (AvgIpc) is 2.98. The molecule has 0 saturated carbocycles. The van der Waals surface area contributed by atoms with E-state index in [-0.39, 0.29) is 11.8 Å². The highest BCUT2D eigenvalue weighted by molar-refractivity contribution is 7.89. The summed E-state index contributed by atoms with van der Waals surface area (Å²) in [6, 6.07) is 12.9. The molecule has 35 heavy (non-hydrogen) atoms. The number of ether oxygens (including phenoxy) is 2. The van der Waals surface area contributed by atoms with Gasteiger partial charge in [0.05, 0.1) is 22.1 Å². The first-order valence-electron chi connectivity index (χ1n) is 12.7. The van der Waals surface area contributed by atoms with Crippen molar-refractivity contribution in [2.24, 2.45) is 0 Å². The molecule has 6 heteroatoms. The lowest BCUT2D eigenvalue weighted by Gasteiger charge is -2.30. The lowest BCUT2D eigenvalue weighted by atomic mass is 9.89. The van der Waals surface area contributed by atoms with Gasteiger partial charge in [0.25, 0.3) is 0 Å². The SMILES string of the molecule is CC(C)c1cc(C(C)C)c(S(=O)(=O)N[C@H](c2ccccc2)C2OC(C)(C)C(C)(C)O2)c(C(C)C)c1. The fraction of sp³-hybridized carbons (Fsp3) is 0.586. The minimum atomic E-state index is -3.92. The maximum atomic E-state index is 14.2. The molecule has 0 spiro atoms. The molecule has 1 atom stereocenters. The molecule has 1 aliphatic rings. The number of hydrogen-bond donors (Lipinski definition) is 1. The van der Waals surface area contributed by atoms with E-state index < -0.39 is 33.6 Å². The Labute approximate surface area is 212 Å². The maximum Gasteiger partial charge on any atom is 0.241 e. The Morgan fingerprint density at radius 3 is 1.60 bits per heavy atom. The predicted molar refractivity (Wildman–Crippen MR) is 142 cm³/mol. The van der Waals surface area contributed by atoms with Crippen LogP contribution in [0, 0.1) is 0 Å². The molecule has 2 aromatic carbocycles. The number of benzene rings is 2. The van der Waals surface area contributed by atoms with Crippen LogP contribution in [0.2, 0.25) is 0 Å². The Morgan fingerprint density at radius 1 is 0.743 bits per heavy atom. The average molecular weight is 502 g/mol. The molecule has 0 aromatic heterocycles. The minimum Gasteiger partial charge on any atom is -0.342 e. The van der Waals surface area contributed by atoms with Gasteiger partial charge in [-0.3, -0.25) is 0 Å². The predicted octanol–water partition coefficient (Wildman–Crippen LogP) is 7.01. The third kappa shape index (κ3) is 5.66. The molecule has 1 N–H and O–H groups in total. The zero-order valence-electron chi connectivity index (χ0n) is 23.0. The zero-order valence-corrected chi connectivity index (χ0v) is 23.8. The molecule has 1 heterocycles. The van der Waals surface area contributed by atoms with E-state index in [1.807, 2.05) is 85.7 Å². The minimum absolute atomic E-state index is 0.0461. The van der Waals surface area contributed by atoms with E-state index in [1.54, 1.807) is 0 Å². The van der Waals surface area contributed by atoms with Gasteiger partial charge in [0.1, 0.15) is 0 Å². The van der Waals surface area contributed by atoms with Gasteiger partial charge in [-0.25, -0.2) is 8.42 Å². The molecule has 0 aliphatic carbocycles. The molecule has 1 aliphatic heterocycles. The summed E-state index contributed by atoms with van der Waals surface area (Å²) in [5.41, 5.74) is 2.47. The molecular formula is C29H43NO4S. The van der Waals surface area contributed by atoms with Gasteiger partial charge in [-0.05, 0) is 67.7 Å². The van der Waals surface area contributed by atoms with Gasteiger partial charge in [-0.1, -0.05) is 84.0 Å². The summed E-state index contributed by atoms with van der Waals surface area (Å²) >= 11 is 0. The van der Waals surface area contributed by atoms with Crippen LogP contribution in [0.1, 0.15) is 115 Å². The number of hydrogen-bond acceptors (Lipinski definition) is 4. The Hall–Kier alpha value is -1.73. The van der Waals surface area contributed by atoms with Crippen molar-refractivity contribution < 1.29 is 17.9 Å². The Morgan fingerprint density at radius 2 is 1.20 bits per heavy atom. The molecule has 1 fully saturated rings. The fourth-order valence-electron chi connectivity index (χ4n) is 4.39. The highest BCUT2D eigenvalue weighted by Crippen LogP contribution is 2.43. The summed E-state index contributed by atoms with van der Waals surface area (Å²) in [6.07, 6.45) is -0.767. The molecule has 5 nitrogen and oxygen atoms in total. The van der Waals surface area contributed by atoms with Crippen LogP contribution < -0.4 is 4.72 Å². The molecular weight excluding hydrogens is 458 g/mol. The summed E-state index contributed by atoms with van der Waals surface area (Å²) in [6.45, 7) is 20.4. The van der Waals surface area contributed by atoms with Crippen molar-refractivity contribution in [3.63, 3.8) is 0 Å². The standard InChI is InChI=1S/C29H43NO4S/c1-18(2)22-16-23(19(3)4)26(24(17-22)20(5)6)35(31,32)30-25(21-14-12-11-13-15-21)27-33-28(7,8)29(9,10)34-27/h11-20,25,27,30H,1-10H3/t25-/m1/s1. The van der Waals surface area contributed by atoms with Gasteiger partial charge in [-0.2, -0.15) is 4.72 Å². The molecule has 3 rings (SSSR count). The number of rotatable bonds is 8. The quantitative estimate of drug-likeness (QED) is 0.423. The van der Waals surface area contributed by atoms with Crippen LogP contribution in [-0.2, 0) is 19.5 Å². The molecule has 2 aromatic rings. The molecule has 194 valence electrons. The highest BCUT2D eigenvalue weighted by Gasteiger charge is 2.52. The van der Waals surface area contributed by atoms with E-state index in [2.05, 4.69) is 30.7 Å². The molecule has 0 radical (unpaired) electrons. The van der Waals surface area contributed by atoms with Crippen molar-refractivity contribution in [2.75, 3.05) is 0 Å². The van der Waals surface area contributed by atoms with E-state index in [0.717, 1.165) is 22.3 Å². The lowest BCUT2D eigenvalue weighted by molar-refractivity contribution is -0.105. The Kier molecular flexibility index (Phi) is 7.93. The van der Waals surface area contributed by atoms with Crippen LogP contribution in [0.5, 0.6) is 0 Å². The van der Waals surface area contributed by atoms with Crippen LogP contribution in [0.25, 0.3) is 0 Å². The van der Waals surface area contributed by atoms with Gasteiger partial charge < -0.3 is 9.47 Å². The van der Waals surface area contributed by atoms with Crippen molar-refractivity contribution in [3.05, 3.63) is 64.7 Å². The van der Waals surface area contributed by atoms with E-state index >= 15 is 0 Å².